The van der Waals surface area contributed by atoms with Crippen LogP contribution in [0, 0.1) is 0 Å². The van der Waals surface area contributed by atoms with Gasteiger partial charge in [-0.25, -0.2) is 0 Å². The molecule has 0 amide bonds. The molecule has 0 fully saturated rings. The van der Waals surface area contributed by atoms with Crippen LogP contribution < -0.4 is 5.09 Å². The quantitative estimate of drug-likeness (QED) is 0.538. The molecule has 0 aromatic carbocycles. The van der Waals surface area contributed by atoms with Crippen LogP contribution in [0.15, 0.2) is 0 Å². The SMILES string of the molecule is CCC(CC)OC(=O)C(C)NP(C)(=O)COC. The maximum absolute atomic E-state index is 11.9. The van der Waals surface area contributed by atoms with Gasteiger partial charge < -0.3 is 14.0 Å². The monoisotopic (exact) mass is 265 g/mol. The molecule has 5 nitrogen and oxygen atoms in total. The first-order valence-electron chi connectivity index (χ1n) is 5.90. The Labute approximate surface area is 104 Å². The van der Waals surface area contributed by atoms with Crippen molar-refractivity contribution in [1.82, 2.24) is 5.09 Å². The lowest BCUT2D eigenvalue weighted by Gasteiger charge is -2.21. The van der Waals surface area contributed by atoms with Gasteiger partial charge in [0.05, 0.1) is 0 Å². The van der Waals surface area contributed by atoms with Gasteiger partial charge >= 0.3 is 5.97 Å². The molecule has 2 unspecified atom stereocenters. The number of ether oxygens (including phenoxy) is 2. The second kappa shape index (κ2) is 7.85. The van der Waals surface area contributed by atoms with Gasteiger partial charge in [-0.3, -0.25) is 9.88 Å². The van der Waals surface area contributed by atoms with E-state index in [0.29, 0.717) is 0 Å². The van der Waals surface area contributed by atoms with Gasteiger partial charge in [0.2, 0.25) is 0 Å². The minimum Gasteiger partial charge on any atom is -0.461 e. The second-order valence-corrected chi connectivity index (χ2v) is 6.96. The molecule has 0 bridgehead atoms. The molecule has 0 aliphatic carbocycles. The largest absolute Gasteiger partial charge is 0.461 e. The highest BCUT2D eigenvalue weighted by Gasteiger charge is 2.24. The highest BCUT2D eigenvalue weighted by Crippen LogP contribution is 2.36. The number of carbonyl (C=O) groups is 1. The minimum atomic E-state index is -2.64. The number of methoxy groups -OCH3 is 1. The molecule has 2 atom stereocenters. The van der Waals surface area contributed by atoms with Gasteiger partial charge in [0.15, 0.2) is 7.29 Å². The van der Waals surface area contributed by atoms with E-state index in [-0.39, 0.29) is 18.4 Å². The molecule has 0 aliphatic rings. The second-order valence-electron chi connectivity index (χ2n) is 4.24. The van der Waals surface area contributed by atoms with Gasteiger partial charge in [-0.05, 0) is 19.8 Å². The van der Waals surface area contributed by atoms with Gasteiger partial charge in [0.25, 0.3) is 0 Å². The Morgan fingerprint density at radius 3 is 2.29 bits per heavy atom. The lowest BCUT2D eigenvalue weighted by atomic mass is 10.2. The Morgan fingerprint density at radius 2 is 1.88 bits per heavy atom. The number of esters is 1. The fraction of sp³-hybridized carbons (Fsp3) is 0.909. The Bertz CT molecular complexity index is 279. The summed E-state index contributed by atoms with van der Waals surface area (Å²) in [5.74, 6) is -0.364. The number of hydrogen-bond donors (Lipinski definition) is 1. The fourth-order valence-corrected chi connectivity index (χ4v) is 2.96. The van der Waals surface area contributed by atoms with Crippen molar-refractivity contribution in [2.24, 2.45) is 0 Å². The van der Waals surface area contributed by atoms with Crippen molar-refractivity contribution in [3.63, 3.8) is 0 Å². The van der Waals surface area contributed by atoms with Gasteiger partial charge in [-0.15, -0.1) is 0 Å². The molecule has 1 N–H and O–H groups in total. The third-order valence-electron chi connectivity index (χ3n) is 2.39. The van der Waals surface area contributed by atoms with E-state index < -0.39 is 13.3 Å². The summed E-state index contributed by atoms with van der Waals surface area (Å²) in [5, 5.41) is 2.77. The van der Waals surface area contributed by atoms with Crippen LogP contribution >= 0.6 is 7.29 Å². The molecule has 0 saturated carbocycles. The highest BCUT2D eigenvalue weighted by atomic mass is 31.2. The standard InChI is InChI=1S/C11H24NO4P/c1-6-10(7-2)16-11(13)9(3)12-17(5,14)8-15-4/h9-10H,6-8H2,1-5H3,(H,12,14). The molecule has 0 saturated heterocycles. The molecule has 0 radical (unpaired) electrons. The molecule has 0 rings (SSSR count). The zero-order valence-corrected chi connectivity index (χ0v) is 12.3. The van der Waals surface area contributed by atoms with Gasteiger partial charge in [-0.2, -0.15) is 0 Å². The lowest BCUT2D eigenvalue weighted by Crippen LogP contribution is -2.35. The Kier molecular flexibility index (Phi) is 7.68. The smallest absolute Gasteiger partial charge is 0.323 e. The van der Waals surface area contributed by atoms with Crippen LogP contribution in [-0.4, -0.2) is 38.2 Å². The molecule has 0 aromatic rings. The first-order valence-corrected chi connectivity index (χ1v) is 8.24. The summed E-state index contributed by atoms with van der Waals surface area (Å²) in [6.45, 7) is 7.14. The van der Waals surface area contributed by atoms with E-state index in [0.717, 1.165) is 12.8 Å². The van der Waals surface area contributed by atoms with Crippen LogP contribution in [0.25, 0.3) is 0 Å². The highest BCUT2D eigenvalue weighted by molar-refractivity contribution is 7.60. The number of nitrogens with one attached hydrogen (secondary N) is 1. The molecule has 17 heavy (non-hydrogen) atoms. The van der Waals surface area contributed by atoms with E-state index in [1.165, 1.54) is 7.11 Å². The van der Waals surface area contributed by atoms with Crippen LogP contribution in [0.3, 0.4) is 0 Å². The lowest BCUT2D eigenvalue weighted by molar-refractivity contribution is -0.151. The van der Waals surface area contributed by atoms with Crippen molar-refractivity contribution in [3.8, 4) is 0 Å². The van der Waals surface area contributed by atoms with Crippen LogP contribution in [0.4, 0.5) is 0 Å². The first kappa shape index (κ1) is 16.6. The number of hydrogen-bond acceptors (Lipinski definition) is 4. The minimum absolute atomic E-state index is 0.0644. The Morgan fingerprint density at radius 1 is 1.35 bits per heavy atom. The van der Waals surface area contributed by atoms with Gasteiger partial charge in [-0.1, -0.05) is 13.8 Å². The van der Waals surface area contributed by atoms with Crippen molar-refractivity contribution in [2.75, 3.05) is 20.1 Å². The topological polar surface area (TPSA) is 64.6 Å². The summed E-state index contributed by atoms with van der Waals surface area (Å²) in [5.41, 5.74) is 0. The van der Waals surface area contributed by atoms with Crippen molar-refractivity contribution in [2.45, 2.75) is 45.8 Å². The van der Waals surface area contributed by atoms with Crippen molar-refractivity contribution < 1.29 is 18.8 Å². The van der Waals surface area contributed by atoms with E-state index in [9.17, 15) is 9.36 Å². The molecular formula is C11H24NO4P. The molecule has 0 spiro atoms. The summed E-state index contributed by atoms with van der Waals surface area (Å²) < 4.78 is 22.0. The molecule has 0 aromatic heterocycles. The zero-order valence-electron chi connectivity index (χ0n) is 11.4. The first-order chi connectivity index (χ1) is 7.86. The fourth-order valence-electron chi connectivity index (χ4n) is 1.47. The van der Waals surface area contributed by atoms with Gasteiger partial charge in [0.1, 0.15) is 18.5 Å². The maximum Gasteiger partial charge on any atom is 0.323 e. The van der Waals surface area contributed by atoms with Crippen molar-refractivity contribution >= 4 is 13.3 Å². The average Bonchev–Trinajstić information content (AvgIpc) is 2.24. The molecule has 0 aliphatic heterocycles. The van der Waals surface area contributed by atoms with Crippen molar-refractivity contribution in [3.05, 3.63) is 0 Å². The molecule has 0 heterocycles. The third-order valence-corrected chi connectivity index (χ3v) is 4.07. The maximum atomic E-state index is 11.9. The Balaban J connectivity index is 4.27. The van der Waals surface area contributed by atoms with E-state index in [2.05, 4.69) is 5.09 Å². The third kappa shape index (κ3) is 6.81. The number of carbonyl (C=O) groups excluding carboxylic acids is 1. The van der Waals surface area contributed by atoms with E-state index in [4.69, 9.17) is 9.47 Å². The predicted octanol–water partition coefficient (Wildman–Crippen LogP) is 2.21. The summed E-state index contributed by atoms with van der Waals surface area (Å²) in [6, 6.07) is -0.582. The van der Waals surface area contributed by atoms with Crippen LogP contribution in [0.5, 0.6) is 0 Å². The average molecular weight is 265 g/mol. The summed E-state index contributed by atoms with van der Waals surface area (Å²) in [4.78, 5) is 11.7. The van der Waals surface area contributed by atoms with E-state index in [1.54, 1.807) is 13.6 Å². The van der Waals surface area contributed by atoms with E-state index in [1.807, 2.05) is 13.8 Å². The summed E-state index contributed by atoms with van der Waals surface area (Å²) >= 11 is 0. The van der Waals surface area contributed by atoms with Gasteiger partial charge in [0, 0.05) is 13.8 Å². The molecular weight excluding hydrogens is 241 g/mol. The predicted molar refractivity (Wildman–Crippen MR) is 68.5 cm³/mol. The summed E-state index contributed by atoms with van der Waals surface area (Å²) in [7, 11) is -1.16. The summed E-state index contributed by atoms with van der Waals surface area (Å²) in [6.07, 6.45) is 1.62. The van der Waals surface area contributed by atoms with Crippen molar-refractivity contribution in [1.29, 1.82) is 0 Å². The van der Waals surface area contributed by atoms with E-state index >= 15 is 0 Å². The number of rotatable bonds is 8. The normalized spacial score (nSPS) is 16.6. The van der Waals surface area contributed by atoms with Crippen LogP contribution in [-0.2, 0) is 18.8 Å². The zero-order chi connectivity index (χ0) is 13.5. The van der Waals surface area contributed by atoms with Crippen LogP contribution in [0.1, 0.15) is 33.6 Å². The van der Waals surface area contributed by atoms with Crippen LogP contribution in [0.2, 0.25) is 0 Å². The Hall–Kier alpha value is -0.380. The molecule has 102 valence electrons. The molecule has 6 heteroatoms.